The van der Waals surface area contributed by atoms with Crippen LogP contribution in [-0.4, -0.2) is 16.7 Å². The van der Waals surface area contributed by atoms with Crippen molar-refractivity contribution in [3.05, 3.63) is 75.3 Å². The first-order valence-corrected chi connectivity index (χ1v) is 6.33. The summed E-state index contributed by atoms with van der Waals surface area (Å²) in [5, 5.41) is 14.1. The highest BCUT2D eigenvalue weighted by molar-refractivity contribution is 5.98. The Hall–Kier alpha value is -3.22. The zero-order valence-electron chi connectivity index (χ0n) is 11.7. The summed E-state index contributed by atoms with van der Waals surface area (Å²) in [4.78, 5) is 26.6. The van der Waals surface area contributed by atoms with Crippen LogP contribution in [0.15, 0.2) is 53.7 Å². The van der Waals surface area contributed by atoms with Crippen molar-refractivity contribution in [2.24, 2.45) is 10.9 Å². The predicted octanol–water partition coefficient (Wildman–Crippen LogP) is 2.38. The van der Waals surface area contributed by atoms with Crippen molar-refractivity contribution in [1.29, 1.82) is 0 Å². The highest BCUT2D eigenvalue weighted by Crippen LogP contribution is 2.12. The number of oxime groups is 1. The van der Waals surface area contributed by atoms with Gasteiger partial charge in [-0.3, -0.25) is 10.1 Å². The van der Waals surface area contributed by atoms with Gasteiger partial charge >= 0.3 is 5.97 Å². The fourth-order valence-electron chi connectivity index (χ4n) is 1.72. The van der Waals surface area contributed by atoms with E-state index in [1.807, 2.05) is 13.0 Å². The van der Waals surface area contributed by atoms with Gasteiger partial charge in [0.1, 0.15) is 0 Å². The molecule has 0 aromatic heterocycles. The summed E-state index contributed by atoms with van der Waals surface area (Å²) in [5.74, 6) is -0.676. The number of nitrogens with zero attached hydrogens (tertiary/aromatic N) is 2. The molecule has 0 bridgehead atoms. The molecular weight excluding hydrogens is 286 g/mol. The minimum absolute atomic E-state index is 0.0455. The highest BCUT2D eigenvalue weighted by atomic mass is 16.7. The minimum atomic E-state index is -0.631. The van der Waals surface area contributed by atoms with Crippen LogP contribution in [-0.2, 0) is 4.84 Å². The maximum Gasteiger partial charge on any atom is 0.365 e. The third-order valence-electron chi connectivity index (χ3n) is 2.85. The number of rotatable bonds is 4. The van der Waals surface area contributed by atoms with Crippen molar-refractivity contribution in [2.45, 2.75) is 6.92 Å². The lowest BCUT2D eigenvalue weighted by molar-refractivity contribution is -0.384. The number of carbonyl (C=O) groups excluding carboxylic acids is 1. The van der Waals surface area contributed by atoms with Gasteiger partial charge in [-0.2, -0.15) is 0 Å². The molecule has 0 amide bonds. The van der Waals surface area contributed by atoms with Crippen LogP contribution < -0.4 is 5.73 Å². The van der Waals surface area contributed by atoms with E-state index in [1.165, 1.54) is 24.3 Å². The number of nitro benzene ring substituents is 1. The van der Waals surface area contributed by atoms with E-state index in [-0.39, 0.29) is 11.5 Å². The number of carbonyl (C=O) groups is 1. The molecule has 2 aromatic rings. The van der Waals surface area contributed by atoms with E-state index in [1.54, 1.807) is 18.2 Å². The fourth-order valence-corrected chi connectivity index (χ4v) is 1.72. The van der Waals surface area contributed by atoms with Crippen LogP contribution >= 0.6 is 0 Å². The van der Waals surface area contributed by atoms with Crippen LogP contribution in [0.2, 0.25) is 0 Å². The first-order chi connectivity index (χ1) is 10.5. The summed E-state index contributed by atoms with van der Waals surface area (Å²) in [7, 11) is 0. The average Bonchev–Trinajstić information content (AvgIpc) is 2.52. The average molecular weight is 299 g/mol. The molecule has 0 aliphatic heterocycles. The largest absolute Gasteiger partial charge is 0.380 e. The second-order valence-electron chi connectivity index (χ2n) is 4.53. The lowest BCUT2D eigenvalue weighted by Crippen LogP contribution is -2.15. The van der Waals surface area contributed by atoms with Gasteiger partial charge in [0.05, 0.1) is 10.5 Å². The first kappa shape index (κ1) is 15.2. The maximum atomic E-state index is 11.8. The number of benzene rings is 2. The van der Waals surface area contributed by atoms with E-state index >= 15 is 0 Å². The van der Waals surface area contributed by atoms with Crippen LogP contribution in [0.3, 0.4) is 0 Å². The smallest absolute Gasteiger partial charge is 0.365 e. The van der Waals surface area contributed by atoms with E-state index in [0.717, 1.165) is 5.56 Å². The Kier molecular flexibility index (Phi) is 4.47. The Balaban J connectivity index is 2.09. The van der Waals surface area contributed by atoms with Gasteiger partial charge in [0.15, 0.2) is 5.84 Å². The molecule has 22 heavy (non-hydrogen) atoms. The summed E-state index contributed by atoms with van der Waals surface area (Å²) in [6.07, 6.45) is 0. The monoisotopic (exact) mass is 299 g/mol. The predicted molar refractivity (Wildman–Crippen MR) is 80.4 cm³/mol. The molecule has 0 unspecified atom stereocenters. The summed E-state index contributed by atoms with van der Waals surface area (Å²) < 4.78 is 0. The minimum Gasteiger partial charge on any atom is -0.380 e. The van der Waals surface area contributed by atoms with Crippen molar-refractivity contribution in [1.82, 2.24) is 0 Å². The van der Waals surface area contributed by atoms with Gasteiger partial charge in [0.2, 0.25) is 0 Å². The van der Waals surface area contributed by atoms with E-state index in [2.05, 4.69) is 5.16 Å². The number of aryl methyl sites for hydroxylation is 1. The Morgan fingerprint density at radius 1 is 1.18 bits per heavy atom. The third-order valence-corrected chi connectivity index (χ3v) is 2.85. The molecule has 0 spiro atoms. The van der Waals surface area contributed by atoms with E-state index in [9.17, 15) is 14.9 Å². The fraction of sp³-hybridized carbons (Fsp3) is 0.0667. The molecule has 2 aromatic carbocycles. The molecule has 0 aliphatic carbocycles. The van der Waals surface area contributed by atoms with Crippen LogP contribution in [0.1, 0.15) is 21.5 Å². The molecular formula is C15H13N3O4. The van der Waals surface area contributed by atoms with Gasteiger partial charge < -0.3 is 10.6 Å². The second kappa shape index (κ2) is 6.49. The number of amidine groups is 1. The quantitative estimate of drug-likeness (QED) is 0.306. The Labute approximate surface area is 126 Å². The number of hydrogen-bond donors (Lipinski definition) is 1. The normalized spacial score (nSPS) is 11.0. The molecule has 0 atom stereocenters. The number of hydrogen-bond acceptors (Lipinski definition) is 5. The Morgan fingerprint density at radius 2 is 1.86 bits per heavy atom. The molecule has 0 saturated heterocycles. The van der Waals surface area contributed by atoms with Gasteiger partial charge in [0, 0.05) is 17.7 Å². The zero-order chi connectivity index (χ0) is 16.1. The zero-order valence-corrected chi connectivity index (χ0v) is 11.7. The maximum absolute atomic E-state index is 11.8. The molecule has 0 aliphatic rings. The topological polar surface area (TPSA) is 108 Å². The van der Waals surface area contributed by atoms with E-state index < -0.39 is 10.9 Å². The SMILES string of the molecule is Cc1cccc(C(=O)ON=C(N)c2ccc([N+](=O)[O-])cc2)c1. The van der Waals surface area contributed by atoms with Crippen LogP contribution in [0.25, 0.3) is 0 Å². The van der Waals surface area contributed by atoms with Crippen LogP contribution in [0.5, 0.6) is 0 Å². The van der Waals surface area contributed by atoms with Gasteiger partial charge in [-0.1, -0.05) is 22.9 Å². The summed E-state index contributed by atoms with van der Waals surface area (Å²) in [6.45, 7) is 1.85. The lowest BCUT2D eigenvalue weighted by atomic mass is 10.1. The lowest BCUT2D eigenvalue weighted by Gasteiger charge is -2.02. The third kappa shape index (κ3) is 3.66. The summed E-state index contributed by atoms with van der Waals surface area (Å²) >= 11 is 0. The highest BCUT2D eigenvalue weighted by Gasteiger charge is 2.09. The number of nitro groups is 1. The van der Waals surface area contributed by atoms with Gasteiger partial charge in [0.25, 0.3) is 5.69 Å². The molecule has 0 radical (unpaired) electrons. The summed E-state index contributed by atoms with van der Waals surface area (Å²) in [5.41, 5.74) is 7.32. The van der Waals surface area contributed by atoms with Gasteiger partial charge in [-0.05, 0) is 31.2 Å². The van der Waals surface area contributed by atoms with Crippen molar-refractivity contribution >= 4 is 17.5 Å². The molecule has 2 N–H and O–H groups in total. The first-order valence-electron chi connectivity index (χ1n) is 6.33. The van der Waals surface area contributed by atoms with Crippen molar-refractivity contribution < 1.29 is 14.6 Å². The molecule has 0 saturated carbocycles. The molecule has 2 rings (SSSR count). The van der Waals surface area contributed by atoms with E-state index in [0.29, 0.717) is 11.1 Å². The standard InChI is InChI=1S/C15H13N3O4/c1-10-3-2-4-12(9-10)15(19)22-17-14(16)11-5-7-13(8-6-11)18(20)21/h2-9H,1H3,(H2,16,17). The van der Waals surface area contributed by atoms with Crippen molar-refractivity contribution in [3.8, 4) is 0 Å². The van der Waals surface area contributed by atoms with Crippen molar-refractivity contribution in [2.75, 3.05) is 0 Å². The number of nitrogens with two attached hydrogens (primary N) is 1. The van der Waals surface area contributed by atoms with E-state index in [4.69, 9.17) is 10.6 Å². The van der Waals surface area contributed by atoms with Crippen LogP contribution in [0, 0.1) is 17.0 Å². The molecule has 7 heteroatoms. The molecule has 0 fully saturated rings. The summed E-state index contributed by atoms with van der Waals surface area (Å²) in [6, 6.07) is 12.3. The van der Waals surface area contributed by atoms with Gasteiger partial charge in [-0.25, -0.2) is 4.79 Å². The molecule has 112 valence electrons. The van der Waals surface area contributed by atoms with Crippen LogP contribution in [0.4, 0.5) is 5.69 Å². The molecule has 0 heterocycles. The molecule has 7 nitrogen and oxygen atoms in total. The van der Waals surface area contributed by atoms with Crippen molar-refractivity contribution in [3.63, 3.8) is 0 Å². The van der Waals surface area contributed by atoms with Gasteiger partial charge in [-0.15, -0.1) is 0 Å². The Morgan fingerprint density at radius 3 is 2.45 bits per heavy atom. The number of non-ortho nitro benzene ring substituents is 1. The Bertz CT molecular complexity index is 739. The second-order valence-corrected chi connectivity index (χ2v) is 4.53.